The molecule has 1 aliphatic carbocycles. The van der Waals surface area contributed by atoms with Crippen LogP contribution in [0.4, 0.5) is 5.69 Å². The molecule has 0 unspecified atom stereocenters. The van der Waals surface area contributed by atoms with Crippen molar-refractivity contribution in [3.63, 3.8) is 0 Å². The highest BCUT2D eigenvalue weighted by Gasteiger charge is 2.14. The van der Waals surface area contributed by atoms with Gasteiger partial charge in [-0.1, -0.05) is 60.3 Å². The first-order valence-corrected chi connectivity index (χ1v) is 8.23. The summed E-state index contributed by atoms with van der Waals surface area (Å²) in [5.41, 5.74) is 7.82. The minimum Gasteiger partial charge on any atom is -0.389 e. The summed E-state index contributed by atoms with van der Waals surface area (Å²) in [5, 5.41) is 3.64. The average Bonchev–Trinajstić information content (AvgIpc) is 2.34. The Morgan fingerprint density at radius 1 is 1.16 bits per heavy atom. The fourth-order valence-electron chi connectivity index (χ4n) is 2.67. The van der Waals surface area contributed by atoms with Crippen LogP contribution < -0.4 is 11.1 Å². The van der Waals surface area contributed by atoms with Gasteiger partial charge in [-0.15, -0.1) is 0 Å². The van der Waals surface area contributed by atoms with Crippen molar-refractivity contribution < 1.29 is 0 Å². The number of hydrogen-bond acceptors (Lipinski definition) is 2. The molecule has 0 aliphatic heterocycles. The van der Waals surface area contributed by atoms with Crippen molar-refractivity contribution in [3.8, 4) is 0 Å². The van der Waals surface area contributed by atoms with Gasteiger partial charge < -0.3 is 11.1 Å². The third kappa shape index (κ3) is 4.46. The van der Waals surface area contributed by atoms with Crippen molar-refractivity contribution in [2.45, 2.75) is 51.0 Å². The van der Waals surface area contributed by atoms with Crippen LogP contribution in [-0.4, -0.2) is 11.0 Å². The van der Waals surface area contributed by atoms with Crippen molar-refractivity contribution >= 4 is 38.8 Å². The number of hydrogen-bond donors (Lipinski definition) is 2. The standard InChI is InChI=1S/C15H21BrN2S/c16-11-8-9-14(13(10-11)15(17)19)18-12-6-4-2-1-3-5-7-12/h8-10,12,18H,1-7H2,(H2,17,19). The fraction of sp³-hybridized carbons (Fsp3) is 0.533. The van der Waals surface area contributed by atoms with Crippen LogP contribution in [-0.2, 0) is 0 Å². The summed E-state index contributed by atoms with van der Waals surface area (Å²) in [4.78, 5) is 0.453. The Morgan fingerprint density at radius 3 is 2.42 bits per heavy atom. The van der Waals surface area contributed by atoms with E-state index in [0.717, 1.165) is 15.7 Å². The SMILES string of the molecule is NC(=S)c1cc(Br)ccc1NC1CCCCCCC1. The maximum atomic E-state index is 5.82. The van der Waals surface area contributed by atoms with Gasteiger partial charge in [-0.05, 0) is 31.0 Å². The molecule has 1 aliphatic rings. The van der Waals surface area contributed by atoms with Crippen LogP contribution in [0.2, 0.25) is 0 Å². The van der Waals surface area contributed by atoms with Gasteiger partial charge in [0.2, 0.25) is 0 Å². The van der Waals surface area contributed by atoms with Gasteiger partial charge in [0.05, 0.1) is 0 Å². The number of anilines is 1. The van der Waals surface area contributed by atoms with E-state index in [2.05, 4.69) is 27.3 Å². The van der Waals surface area contributed by atoms with Gasteiger partial charge >= 0.3 is 0 Å². The smallest absolute Gasteiger partial charge is 0.106 e. The van der Waals surface area contributed by atoms with Gasteiger partial charge in [0.15, 0.2) is 0 Å². The Kier molecular flexibility index (Phi) is 5.64. The van der Waals surface area contributed by atoms with Gasteiger partial charge in [0, 0.05) is 21.8 Å². The largest absolute Gasteiger partial charge is 0.389 e. The zero-order valence-corrected chi connectivity index (χ0v) is 13.5. The predicted molar refractivity (Wildman–Crippen MR) is 89.8 cm³/mol. The first-order valence-electron chi connectivity index (χ1n) is 7.02. The maximum Gasteiger partial charge on any atom is 0.106 e. The molecule has 1 aromatic carbocycles. The zero-order valence-electron chi connectivity index (χ0n) is 11.1. The highest BCUT2D eigenvalue weighted by Crippen LogP contribution is 2.25. The number of thiocarbonyl (C=S) groups is 1. The van der Waals surface area contributed by atoms with Gasteiger partial charge in [0.25, 0.3) is 0 Å². The second-order valence-corrected chi connectivity index (χ2v) is 6.60. The van der Waals surface area contributed by atoms with Crippen molar-refractivity contribution in [1.29, 1.82) is 0 Å². The zero-order chi connectivity index (χ0) is 13.7. The second-order valence-electron chi connectivity index (χ2n) is 5.24. The third-order valence-corrected chi connectivity index (χ3v) is 4.43. The molecule has 0 bridgehead atoms. The minimum absolute atomic E-state index is 0.453. The molecule has 104 valence electrons. The Bertz CT molecular complexity index is 440. The van der Waals surface area contributed by atoms with E-state index in [-0.39, 0.29) is 0 Å². The number of nitrogens with one attached hydrogen (secondary N) is 1. The molecule has 0 aromatic heterocycles. The molecule has 4 heteroatoms. The number of halogens is 1. The lowest BCUT2D eigenvalue weighted by atomic mass is 9.96. The van der Waals surface area contributed by atoms with E-state index in [4.69, 9.17) is 18.0 Å². The molecule has 19 heavy (non-hydrogen) atoms. The van der Waals surface area contributed by atoms with Crippen LogP contribution in [0.25, 0.3) is 0 Å². The van der Waals surface area contributed by atoms with E-state index in [9.17, 15) is 0 Å². The molecule has 0 atom stereocenters. The van der Waals surface area contributed by atoms with Crippen LogP contribution in [0.15, 0.2) is 22.7 Å². The molecule has 3 N–H and O–H groups in total. The first-order chi connectivity index (χ1) is 9.16. The van der Waals surface area contributed by atoms with Crippen LogP contribution >= 0.6 is 28.1 Å². The van der Waals surface area contributed by atoms with Crippen LogP contribution in [0, 0.1) is 0 Å². The molecular formula is C15H21BrN2S. The monoisotopic (exact) mass is 340 g/mol. The lowest BCUT2D eigenvalue weighted by Crippen LogP contribution is -2.23. The Morgan fingerprint density at radius 2 is 1.79 bits per heavy atom. The summed E-state index contributed by atoms with van der Waals surface area (Å²) in [7, 11) is 0. The molecule has 0 radical (unpaired) electrons. The number of rotatable bonds is 3. The topological polar surface area (TPSA) is 38.0 Å². The van der Waals surface area contributed by atoms with Crippen molar-refractivity contribution in [3.05, 3.63) is 28.2 Å². The summed E-state index contributed by atoms with van der Waals surface area (Å²) in [6.45, 7) is 0. The maximum absolute atomic E-state index is 5.82. The van der Waals surface area contributed by atoms with Gasteiger partial charge in [-0.3, -0.25) is 0 Å². The molecule has 0 saturated heterocycles. The van der Waals surface area contributed by atoms with Gasteiger partial charge in [-0.25, -0.2) is 0 Å². The van der Waals surface area contributed by atoms with Crippen LogP contribution in [0.3, 0.4) is 0 Å². The Hall–Kier alpha value is -0.610. The molecule has 0 amide bonds. The van der Waals surface area contributed by atoms with E-state index in [1.165, 1.54) is 44.9 Å². The molecule has 2 rings (SSSR count). The minimum atomic E-state index is 0.453. The van der Waals surface area contributed by atoms with Gasteiger partial charge in [-0.2, -0.15) is 0 Å². The molecular weight excluding hydrogens is 320 g/mol. The lowest BCUT2D eigenvalue weighted by molar-refractivity contribution is 0.471. The summed E-state index contributed by atoms with van der Waals surface area (Å²) in [6.07, 6.45) is 9.23. The third-order valence-electron chi connectivity index (χ3n) is 3.71. The molecule has 2 nitrogen and oxygen atoms in total. The summed E-state index contributed by atoms with van der Waals surface area (Å²) >= 11 is 8.61. The van der Waals surface area contributed by atoms with E-state index < -0.39 is 0 Å². The Labute approximate surface area is 129 Å². The van der Waals surface area contributed by atoms with Crippen molar-refractivity contribution in [1.82, 2.24) is 0 Å². The summed E-state index contributed by atoms with van der Waals surface area (Å²) in [5.74, 6) is 0. The molecule has 1 fully saturated rings. The van der Waals surface area contributed by atoms with E-state index in [0.29, 0.717) is 11.0 Å². The van der Waals surface area contributed by atoms with Crippen LogP contribution in [0.1, 0.15) is 50.5 Å². The second kappa shape index (κ2) is 7.25. The van der Waals surface area contributed by atoms with Gasteiger partial charge in [0.1, 0.15) is 4.99 Å². The molecule has 1 aromatic rings. The Balaban J connectivity index is 2.10. The molecule has 0 spiro atoms. The van der Waals surface area contributed by atoms with Crippen LogP contribution in [0.5, 0.6) is 0 Å². The first kappa shape index (κ1) is 14.8. The highest BCUT2D eigenvalue weighted by atomic mass is 79.9. The van der Waals surface area contributed by atoms with Crippen molar-refractivity contribution in [2.75, 3.05) is 5.32 Å². The predicted octanol–water partition coefficient (Wildman–Crippen LogP) is 4.61. The average molecular weight is 341 g/mol. The molecule has 0 heterocycles. The van der Waals surface area contributed by atoms with E-state index >= 15 is 0 Å². The summed E-state index contributed by atoms with van der Waals surface area (Å²) < 4.78 is 1.01. The van der Waals surface area contributed by atoms with E-state index in [1.54, 1.807) is 0 Å². The number of benzene rings is 1. The normalized spacial score (nSPS) is 17.5. The fourth-order valence-corrected chi connectivity index (χ4v) is 3.20. The lowest BCUT2D eigenvalue weighted by Gasteiger charge is -2.23. The quantitative estimate of drug-likeness (QED) is 0.789. The molecule has 1 saturated carbocycles. The summed E-state index contributed by atoms with van der Waals surface area (Å²) in [6, 6.07) is 6.65. The van der Waals surface area contributed by atoms with E-state index in [1.807, 2.05) is 12.1 Å². The highest BCUT2D eigenvalue weighted by molar-refractivity contribution is 9.10. The number of nitrogens with two attached hydrogens (primary N) is 1. The van der Waals surface area contributed by atoms with Crippen molar-refractivity contribution in [2.24, 2.45) is 5.73 Å².